The van der Waals surface area contributed by atoms with Crippen molar-refractivity contribution in [2.45, 2.75) is 12.1 Å². The topological polar surface area (TPSA) is 43.2 Å². The summed E-state index contributed by atoms with van der Waals surface area (Å²) in [6.07, 6.45) is 4.08. The zero-order valence-electron chi connectivity index (χ0n) is 15.5. The van der Waals surface area contributed by atoms with Crippen LogP contribution in [-0.2, 0) is 0 Å². The first-order valence-electron chi connectivity index (χ1n) is 8.66. The highest BCUT2D eigenvalue weighted by Crippen LogP contribution is 2.24. The number of ether oxygens (including phenoxy) is 2. The van der Waals surface area contributed by atoms with Crippen molar-refractivity contribution in [2.75, 3.05) is 14.2 Å². The van der Waals surface area contributed by atoms with E-state index in [0.717, 1.165) is 52.7 Å². The molecule has 2 atom stereocenters. The third-order valence-corrected chi connectivity index (χ3v) is 6.33. The van der Waals surface area contributed by atoms with Gasteiger partial charge in [-0.05, 0) is 47.6 Å². The molecule has 4 nitrogen and oxygen atoms in total. The number of benzene rings is 2. The molecule has 0 bridgehead atoms. The second-order valence-electron chi connectivity index (χ2n) is 6.61. The van der Waals surface area contributed by atoms with Crippen LogP contribution in [0, 0.1) is 0 Å². The van der Waals surface area contributed by atoms with E-state index in [4.69, 9.17) is 19.5 Å². The van der Waals surface area contributed by atoms with Crippen molar-refractivity contribution in [3.63, 3.8) is 0 Å². The molecule has 4 rings (SSSR count). The lowest BCUT2D eigenvalue weighted by atomic mass is 9.91. The van der Waals surface area contributed by atoms with E-state index >= 15 is 0 Å². The maximum absolute atomic E-state index is 5.52. The molecule has 0 fully saturated rings. The highest BCUT2D eigenvalue weighted by Gasteiger charge is 2.28. The van der Waals surface area contributed by atoms with Crippen molar-refractivity contribution in [2.24, 2.45) is 9.98 Å². The van der Waals surface area contributed by atoms with Crippen LogP contribution in [0.5, 0.6) is 11.5 Å². The highest BCUT2D eigenvalue weighted by molar-refractivity contribution is 9.10. The molecule has 2 aromatic carbocycles. The van der Waals surface area contributed by atoms with E-state index in [0.29, 0.717) is 0 Å². The van der Waals surface area contributed by atoms with Crippen molar-refractivity contribution in [3.8, 4) is 11.5 Å². The van der Waals surface area contributed by atoms with Crippen molar-refractivity contribution < 1.29 is 9.47 Å². The number of hydrogen-bond donors (Lipinski definition) is 0. The van der Waals surface area contributed by atoms with E-state index < -0.39 is 0 Å². The summed E-state index contributed by atoms with van der Waals surface area (Å²) < 4.78 is 12.9. The van der Waals surface area contributed by atoms with Crippen LogP contribution in [0.3, 0.4) is 0 Å². The van der Waals surface area contributed by atoms with E-state index in [1.807, 2.05) is 36.4 Å². The lowest BCUT2D eigenvalue weighted by Crippen LogP contribution is -2.42. The van der Waals surface area contributed by atoms with Crippen LogP contribution in [-0.4, -0.2) is 26.3 Å². The highest BCUT2D eigenvalue weighted by atomic mass is 79.9. The van der Waals surface area contributed by atoms with Crippen LogP contribution in [0.4, 0.5) is 0 Å². The van der Waals surface area contributed by atoms with Gasteiger partial charge in [0, 0.05) is 19.4 Å². The molecule has 0 amide bonds. The lowest BCUT2D eigenvalue weighted by Gasteiger charge is -2.26. The fourth-order valence-corrected chi connectivity index (χ4v) is 4.40. The quantitative estimate of drug-likeness (QED) is 0.648. The van der Waals surface area contributed by atoms with Gasteiger partial charge < -0.3 is 9.47 Å². The van der Waals surface area contributed by atoms with Gasteiger partial charge >= 0.3 is 0 Å². The predicted octanol–water partition coefficient (Wildman–Crippen LogP) is 2.61. The predicted molar refractivity (Wildman–Crippen MR) is 118 cm³/mol. The Hall–Kier alpha value is -2.18. The Morgan fingerprint density at radius 2 is 1.14 bits per heavy atom. The molecule has 0 N–H and O–H groups in total. The third kappa shape index (κ3) is 3.05. The molecular formula is C22H18Br2N2O2. The van der Waals surface area contributed by atoms with Gasteiger partial charge in [0.25, 0.3) is 0 Å². The van der Waals surface area contributed by atoms with Gasteiger partial charge in [0.1, 0.15) is 34.3 Å². The number of methoxy groups -OCH3 is 2. The molecule has 0 radical (unpaired) electrons. The number of halogens is 2. The van der Waals surface area contributed by atoms with Crippen LogP contribution in [0.25, 0.3) is 12.2 Å². The van der Waals surface area contributed by atoms with Crippen molar-refractivity contribution >= 4 is 44.0 Å². The van der Waals surface area contributed by atoms with Crippen LogP contribution in [0.2, 0.25) is 0 Å². The summed E-state index contributed by atoms with van der Waals surface area (Å²) in [5, 5.41) is 3.52. The second-order valence-corrected chi connectivity index (χ2v) is 8.32. The van der Waals surface area contributed by atoms with Crippen molar-refractivity contribution in [3.05, 3.63) is 78.7 Å². The molecule has 0 aliphatic carbocycles. The first-order chi connectivity index (χ1) is 13.4. The van der Waals surface area contributed by atoms with Crippen LogP contribution in [0.15, 0.2) is 67.5 Å². The molecule has 2 unspecified atom stereocenters. The average Bonchev–Trinajstić information content (AvgIpc) is 2.69. The maximum atomic E-state index is 5.52. The summed E-state index contributed by atoms with van der Waals surface area (Å²) in [5.74, 6) is 1.44. The molecule has 142 valence electrons. The van der Waals surface area contributed by atoms with Crippen LogP contribution < -0.4 is 30.6 Å². The van der Waals surface area contributed by atoms with Crippen molar-refractivity contribution in [1.82, 2.24) is 0 Å². The molecule has 2 aromatic rings. The first kappa shape index (κ1) is 19.2. The Kier molecular flexibility index (Phi) is 5.02. The summed E-state index contributed by atoms with van der Waals surface area (Å²) in [6.45, 7) is 8.50. The van der Waals surface area contributed by atoms with Gasteiger partial charge in [0.15, 0.2) is 0 Å². The lowest BCUT2D eigenvalue weighted by molar-refractivity contribution is 0.405. The fourth-order valence-electron chi connectivity index (χ4n) is 3.53. The molecule has 0 aromatic heterocycles. The van der Waals surface area contributed by atoms with E-state index in [1.165, 1.54) is 0 Å². The summed E-state index contributed by atoms with van der Waals surface area (Å²) in [4.78, 5) is 9.94. The monoisotopic (exact) mass is 500 g/mol. The summed E-state index contributed by atoms with van der Waals surface area (Å²) >= 11 is 7.18. The van der Waals surface area contributed by atoms with Crippen LogP contribution >= 0.6 is 31.9 Å². The molecule has 28 heavy (non-hydrogen) atoms. The molecule has 2 heterocycles. The van der Waals surface area contributed by atoms with Gasteiger partial charge in [0.2, 0.25) is 0 Å². The largest absolute Gasteiger partial charge is 0.494 e. The minimum atomic E-state index is -0.267. The molecule has 0 saturated heterocycles. The van der Waals surface area contributed by atoms with Crippen LogP contribution in [0.1, 0.15) is 0 Å². The molecule has 2 aliphatic heterocycles. The van der Waals surface area contributed by atoms with Gasteiger partial charge in [0.05, 0.1) is 14.2 Å². The van der Waals surface area contributed by atoms with Gasteiger partial charge in [-0.3, -0.25) is 9.98 Å². The molecule has 2 aliphatic rings. The maximum Gasteiger partial charge on any atom is 0.144 e. The van der Waals surface area contributed by atoms with E-state index in [2.05, 4.69) is 45.0 Å². The van der Waals surface area contributed by atoms with Gasteiger partial charge in [-0.1, -0.05) is 45.0 Å². The normalized spacial score (nSPS) is 20.0. The zero-order valence-corrected chi connectivity index (χ0v) is 18.7. The van der Waals surface area contributed by atoms with E-state index in [-0.39, 0.29) is 12.1 Å². The standard InChI is InChI=1S/C22H18Br2N2O2/c1-11-9-13-15(23)5-7-17(27-3)21(13)25-19(11)20-12(2)10-14-16(24)6-8-18(28-4)22(14)26-20/h5-10,19-20H,1-2H2,3-4H3. The summed E-state index contributed by atoms with van der Waals surface area (Å²) in [5.41, 5.74) is 1.75. The number of rotatable bonds is 3. The molecule has 6 heteroatoms. The zero-order chi connectivity index (χ0) is 20.0. The Balaban J connectivity index is 1.94. The Labute approximate surface area is 179 Å². The Morgan fingerprint density at radius 1 is 0.750 bits per heavy atom. The third-order valence-electron chi connectivity index (χ3n) is 4.95. The van der Waals surface area contributed by atoms with Gasteiger partial charge in [-0.15, -0.1) is 0 Å². The minimum absolute atomic E-state index is 0.267. The fraction of sp³-hybridized carbons (Fsp3) is 0.182. The second kappa shape index (κ2) is 7.33. The molecular weight excluding hydrogens is 484 g/mol. The van der Waals surface area contributed by atoms with E-state index in [1.54, 1.807) is 14.2 Å². The molecule has 0 spiro atoms. The average molecular weight is 502 g/mol. The number of hydrogen-bond acceptors (Lipinski definition) is 4. The summed E-state index contributed by atoms with van der Waals surface area (Å²) in [6, 6.07) is 7.17. The number of fused-ring (bicyclic) bond motifs is 2. The first-order valence-corrected chi connectivity index (χ1v) is 10.2. The smallest absolute Gasteiger partial charge is 0.144 e. The van der Waals surface area contributed by atoms with Gasteiger partial charge in [-0.2, -0.15) is 0 Å². The van der Waals surface area contributed by atoms with E-state index in [9.17, 15) is 0 Å². The molecule has 0 saturated carbocycles. The number of nitrogens with zero attached hydrogens (tertiary/aromatic N) is 2. The summed E-state index contributed by atoms with van der Waals surface area (Å²) in [7, 11) is 3.29. The SMILES string of the molecule is C=C1C=c2c(Br)ccc(OC)c2=NC1C1N=c2c(OC)ccc(Br)c2=CC1=C. The minimum Gasteiger partial charge on any atom is -0.494 e. The van der Waals surface area contributed by atoms with Crippen molar-refractivity contribution in [1.29, 1.82) is 0 Å². The van der Waals surface area contributed by atoms with Gasteiger partial charge in [-0.25, -0.2) is 0 Å². The Morgan fingerprint density at radius 3 is 1.50 bits per heavy atom. The Bertz CT molecular complexity index is 1170.